The van der Waals surface area contributed by atoms with Crippen LogP contribution in [-0.4, -0.2) is 47.8 Å². The summed E-state index contributed by atoms with van der Waals surface area (Å²) in [5.74, 6) is 1.09. The molecule has 1 aliphatic rings. The normalized spacial score (nSPS) is 19.2. The Morgan fingerprint density at radius 2 is 2.33 bits per heavy atom. The molecule has 1 aliphatic heterocycles. The maximum atomic E-state index is 9.25. The van der Waals surface area contributed by atoms with E-state index in [-0.39, 0.29) is 6.61 Å². The van der Waals surface area contributed by atoms with Gasteiger partial charge in [-0.25, -0.2) is 4.98 Å². The summed E-state index contributed by atoms with van der Waals surface area (Å²) in [5, 5.41) is 21.7. The predicted octanol–water partition coefficient (Wildman–Crippen LogP) is 1.69. The molecular formula is C16H24N4O. The summed E-state index contributed by atoms with van der Waals surface area (Å²) in [6.45, 7) is 7.93. The number of hydrogen-bond donors (Lipinski definition) is 2. The number of anilines is 1. The number of aliphatic hydroxyl groups is 1. The molecule has 21 heavy (non-hydrogen) atoms. The highest BCUT2D eigenvalue weighted by Crippen LogP contribution is 2.17. The zero-order chi connectivity index (χ0) is 15.2. The fourth-order valence-electron chi connectivity index (χ4n) is 2.76. The van der Waals surface area contributed by atoms with Crippen LogP contribution in [0.25, 0.3) is 0 Å². The van der Waals surface area contributed by atoms with E-state index in [1.807, 2.05) is 19.9 Å². The first-order chi connectivity index (χ1) is 10.1. The number of aryl methyl sites for hydroxylation is 2. The molecule has 2 N–H and O–H groups in total. The van der Waals surface area contributed by atoms with Crippen molar-refractivity contribution in [2.24, 2.45) is 5.92 Å². The predicted molar refractivity (Wildman–Crippen MR) is 83.2 cm³/mol. The Morgan fingerprint density at radius 1 is 1.52 bits per heavy atom. The molecule has 0 saturated carbocycles. The highest BCUT2D eigenvalue weighted by atomic mass is 16.3. The zero-order valence-electron chi connectivity index (χ0n) is 12.9. The number of rotatable bonds is 5. The van der Waals surface area contributed by atoms with Crippen LogP contribution in [-0.2, 0) is 0 Å². The van der Waals surface area contributed by atoms with E-state index in [1.54, 1.807) is 0 Å². The summed E-state index contributed by atoms with van der Waals surface area (Å²) in [6.07, 6.45) is 2.27. The lowest BCUT2D eigenvalue weighted by atomic mass is 9.99. The molecule has 0 aromatic carbocycles. The lowest BCUT2D eigenvalue weighted by molar-refractivity contribution is 0.123. The molecule has 5 heteroatoms. The van der Waals surface area contributed by atoms with Gasteiger partial charge in [-0.05, 0) is 50.8 Å². The second kappa shape index (κ2) is 7.39. The van der Waals surface area contributed by atoms with E-state index in [4.69, 9.17) is 0 Å². The topological polar surface area (TPSA) is 72.2 Å². The van der Waals surface area contributed by atoms with Gasteiger partial charge in [0.1, 0.15) is 11.9 Å². The summed E-state index contributed by atoms with van der Waals surface area (Å²) in [4.78, 5) is 6.83. The maximum Gasteiger partial charge on any atom is 0.144 e. The molecular weight excluding hydrogens is 264 g/mol. The van der Waals surface area contributed by atoms with E-state index < -0.39 is 0 Å². The molecule has 0 spiro atoms. The number of aromatic nitrogens is 1. The Morgan fingerprint density at radius 3 is 3.05 bits per heavy atom. The van der Waals surface area contributed by atoms with Crippen LogP contribution in [0.15, 0.2) is 6.07 Å². The molecule has 0 unspecified atom stereocenters. The minimum absolute atomic E-state index is 0.279. The van der Waals surface area contributed by atoms with E-state index >= 15 is 0 Å². The average Bonchev–Trinajstić information content (AvgIpc) is 2.50. The second-order valence-electron chi connectivity index (χ2n) is 5.82. The minimum Gasteiger partial charge on any atom is -0.396 e. The summed E-state index contributed by atoms with van der Waals surface area (Å²) >= 11 is 0. The van der Waals surface area contributed by atoms with Crippen LogP contribution >= 0.6 is 0 Å². The third kappa shape index (κ3) is 4.16. The zero-order valence-corrected chi connectivity index (χ0v) is 12.9. The molecule has 1 atom stereocenters. The quantitative estimate of drug-likeness (QED) is 0.862. The van der Waals surface area contributed by atoms with Crippen molar-refractivity contribution in [3.8, 4) is 6.07 Å². The number of pyridine rings is 1. The number of likely N-dealkylation sites (tertiary alicyclic amines) is 1. The summed E-state index contributed by atoms with van der Waals surface area (Å²) in [5.41, 5.74) is 2.60. The van der Waals surface area contributed by atoms with Gasteiger partial charge >= 0.3 is 0 Å². The minimum atomic E-state index is 0.279. The van der Waals surface area contributed by atoms with Crippen LogP contribution < -0.4 is 5.32 Å². The number of nitriles is 1. The number of aliphatic hydroxyl groups excluding tert-OH is 1. The van der Waals surface area contributed by atoms with Crippen LogP contribution in [0.1, 0.15) is 29.7 Å². The first-order valence-corrected chi connectivity index (χ1v) is 7.59. The Hall–Kier alpha value is -1.64. The summed E-state index contributed by atoms with van der Waals surface area (Å²) in [6, 6.07) is 4.08. The van der Waals surface area contributed by atoms with E-state index in [9.17, 15) is 10.4 Å². The SMILES string of the molecule is Cc1cc(C#N)c(NCCN2CCC[C@H](CO)C2)nc1C. The molecule has 2 rings (SSSR count). The molecule has 2 heterocycles. The smallest absolute Gasteiger partial charge is 0.144 e. The molecule has 0 radical (unpaired) electrons. The van der Waals surface area contributed by atoms with Gasteiger partial charge in [0.05, 0.1) is 5.56 Å². The van der Waals surface area contributed by atoms with E-state index in [2.05, 4.69) is 21.3 Å². The molecule has 0 amide bonds. The van der Waals surface area contributed by atoms with Crippen molar-refractivity contribution in [3.05, 3.63) is 22.9 Å². The van der Waals surface area contributed by atoms with Crippen molar-refractivity contribution in [3.63, 3.8) is 0 Å². The highest BCUT2D eigenvalue weighted by Gasteiger charge is 2.18. The third-order valence-electron chi connectivity index (χ3n) is 4.17. The van der Waals surface area contributed by atoms with Gasteiger partial charge in [-0.2, -0.15) is 5.26 Å². The lowest BCUT2D eigenvalue weighted by Gasteiger charge is -2.31. The van der Waals surface area contributed by atoms with Crippen molar-refractivity contribution < 1.29 is 5.11 Å². The third-order valence-corrected chi connectivity index (χ3v) is 4.17. The van der Waals surface area contributed by atoms with Gasteiger partial charge in [0.2, 0.25) is 0 Å². The fourth-order valence-corrected chi connectivity index (χ4v) is 2.76. The second-order valence-corrected chi connectivity index (χ2v) is 5.82. The molecule has 5 nitrogen and oxygen atoms in total. The fraction of sp³-hybridized carbons (Fsp3) is 0.625. The number of nitrogens with one attached hydrogen (secondary N) is 1. The van der Waals surface area contributed by atoms with Gasteiger partial charge in [-0.15, -0.1) is 0 Å². The molecule has 1 saturated heterocycles. The van der Waals surface area contributed by atoms with Crippen LogP contribution in [0.2, 0.25) is 0 Å². The Labute approximate surface area is 126 Å². The average molecular weight is 288 g/mol. The molecule has 1 aromatic heterocycles. The van der Waals surface area contributed by atoms with E-state index in [0.717, 1.165) is 50.3 Å². The molecule has 1 aromatic rings. The van der Waals surface area contributed by atoms with Gasteiger partial charge in [0.15, 0.2) is 0 Å². The number of hydrogen-bond acceptors (Lipinski definition) is 5. The Balaban J connectivity index is 1.89. The van der Waals surface area contributed by atoms with Crippen molar-refractivity contribution in [2.75, 3.05) is 38.1 Å². The molecule has 0 bridgehead atoms. The van der Waals surface area contributed by atoms with Gasteiger partial charge in [0, 0.05) is 31.9 Å². The van der Waals surface area contributed by atoms with E-state index in [1.165, 1.54) is 0 Å². The monoisotopic (exact) mass is 288 g/mol. The molecule has 0 aliphatic carbocycles. The first-order valence-electron chi connectivity index (χ1n) is 7.59. The van der Waals surface area contributed by atoms with Crippen LogP contribution in [0.5, 0.6) is 0 Å². The van der Waals surface area contributed by atoms with Crippen LogP contribution in [0.4, 0.5) is 5.82 Å². The van der Waals surface area contributed by atoms with Crippen molar-refractivity contribution in [1.29, 1.82) is 5.26 Å². The van der Waals surface area contributed by atoms with Crippen LogP contribution in [0.3, 0.4) is 0 Å². The van der Waals surface area contributed by atoms with Gasteiger partial charge < -0.3 is 15.3 Å². The molecule has 114 valence electrons. The highest BCUT2D eigenvalue weighted by molar-refractivity contribution is 5.54. The molecule has 1 fully saturated rings. The summed E-state index contributed by atoms with van der Waals surface area (Å²) < 4.78 is 0. The van der Waals surface area contributed by atoms with Crippen LogP contribution in [0, 0.1) is 31.1 Å². The largest absolute Gasteiger partial charge is 0.396 e. The van der Waals surface area contributed by atoms with Crippen molar-refractivity contribution >= 4 is 5.82 Å². The van der Waals surface area contributed by atoms with Gasteiger partial charge in [0.25, 0.3) is 0 Å². The van der Waals surface area contributed by atoms with Gasteiger partial charge in [-0.3, -0.25) is 0 Å². The summed E-state index contributed by atoms with van der Waals surface area (Å²) in [7, 11) is 0. The number of piperidine rings is 1. The maximum absolute atomic E-state index is 9.25. The Kier molecular flexibility index (Phi) is 5.54. The lowest BCUT2D eigenvalue weighted by Crippen LogP contribution is -2.39. The van der Waals surface area contributed by atoms with Crippen molar-refractivity contribution in [1.82, 2.24) is 9.88 Å². The van der Waals surface area contributed by atoms with E-state index in [0.29, 0.717) is 17.3 Å². The standard InChI is InChI=1S/C16H24N4O/c1-12-8-15(9-17)16(19-13(12)2)18-5-7-20-6-3-4-14(10-20)11-21/h8,14,21H,3-7,10-11H2,1-2H3,(H,18,19)/t14-/m0/s1. The van der Waals surface area contributed by atoms with Crippen molar-refractivity contribution in [2.45, 2.75) is 26.7 Å². The van der Waals surface area contributed by atoms with Gasteiger partial charge in [-0.1, -0.05) is 0 Å². The first kappa shape index (κ1) is 15.7. The number of nitrogens with zero attached hydrogens (tertiary/aromatic N) is 3. The Bertz CT molecular complexity index is 524.